The summed E-state index contributed by atoms with van der Waals surface area (Å²) in [6, 6.07) is 3.34. The Balaban J connectivity index is 1.89. The molecule has 0 aliphatic carbocycles. The molecule has 0 bridgehead atoms. The number of nitrogens with zero attached hydrogens (tertiary/aromatic N) is 3. The van der Waals surface area contributed by atoms with Crippen molar-refractivity contribution in [3.05, 3.63) is 47.1 Å². The van der Waals surface area contributed by atoms with Crippen molar-refractivity contribution in [2.45, 2.75) is 19.1 Å². The van der Waals surface area contributed by atoms with Crippen LogP contribution >= 0.6 is 0 Å². The van der Waals surface area contributed by atoms with Gasteiger partial charge in [0.25, 0.3) is 0 Å². The lowest BCUT2D eigenvalue weighted by molar-refractivity contribution is 0.117. The Kier molecular flexibility index (Phi) is 6.14. The van der Waals surface area contributed by atoms with Gasteiger partial charge in [-0.3, -0.25) is 4.90 Å². The van der Waals surface area contributed by atoms with Gasteiger partial charge in [0.2, 0.25) is 5.89 Å². The smallest absolute Gasteiger partial charge is 0.240 e. The van der Waals surface area contributed by atoms with Crippen LogP contribution in [0.2, 0.25) is 0 Å². The SMILES string of the molecule is COCCc1noc(CN(C)CC(O)c2ccc(F)c(F)c2)n1. The number of aliphatic hydroxyl groups is 1. The minimum Gasteiger partial charge on any atom is -0.387 e. The Labute approximate surface area is 132 Å². The van der Waals surface area contributed by atoms with Gasteiger partial charge >= 0.3 is 0 Å². The maximum absolute atomic E-state index is 13.2. The van der Waals surface area contributed by atoms with E-state index in [9.17, 15) is 13.9 Å². The summed E-state index contributed by atoms with van der Waals surface area (Å²) >= 11 is 0. The van der Waals surface area contributed by atoms with Crippen LogP contribution in [0.3, 0.4) is 0 Å². The van der Waals surface area contributed by atoms with E-state index >= 15 is 0 Å². The van der Waals surface area contributed by atoms with Crippen molar-refractivity contribution in [3.63, 3.8) is 0 Å². The van der Waals surface area contributed by atoms with Gasteiger partial charge in [-0.2, -0.15) is 4.98 Å². The van der Waals surface area contributed by atoms with Gasteiger partial charge in [0.1, 0.15) is 0 Å². The van der Waals surface area contributed by atoms with E-state index < -0.39 is 17.7 Å². The highest BCUT2D eigenvalue weighted by molar-refractivity contribution is 5.20. The molecule has 0 spiro atoms. The van der Waals surface area contributed by atoms with Crippen LogP contribution in [-0.2, 0) is 17.7 Å². The summed E-state index contributed by atoms with van der Waals surface area (Å²) in [6.45, 7) is 1.05. The first kappa shape index (κ1) is 17.5. The van der Waals surface area contributed by atoms with Gasteiger partial charge in [0.15, 0.2) is 17.5 Å². The highest BCUT2D eigenvalue weighted by Crippen LogP contribution is 2.17. The largest absolute Gasteiger partial charge is 0.387 e. The number of rotatable bonds is 8. The fraction of sp³-hybridized carbons (Fsp3) is 0.467. The highest BCUT2D eigenvalue weighted by Gasteiger charge is 2.15. The summed E-state index contributed by atoms with van der Waals surface area (Å²) in [7, 11) is 3.34. The normalized spacial score (nSPS) is 12.8. The maximum atomic E-state index is 13.2. The Morgan fingerprint density at radius 3 is 2.83 bits per heavy atom. The molecule has 1 unspecified atom stereocenters. The molecule has 0 saturated carbocycles. The van der Waals surface area contributed by atoms with Crippen molar-refractivity contribution in [2.75, 3.05) is 27.3 Å². The minimum atomic E-state index is -0.983. The van der Waals surface area contributed by atoms with Gasteiger partial charge in [0.05, 0.1) is 19.3 Å². The Morgan fingerprint density at radius 2 is 2.13 bits per heavy atom. The molecule has 1 N–H and O–H groups in total. The van der Waals surface area contributed by atoms with Crippen LogP contribution in [0.15, 0.2) is 22.7 Å². The Morgan fingerprint density at radius 1 is 1.35 bits per heavy atom. The summed E-state index contributed by atoms with van der Waals surface area (Å²) in [5, 5.41) is 13.9. The van der Waals surface area contributed by atoms with E-state index in [1.165, 1.54) is 6.07 Å². The summed E-state index contributed by atoms with van der Waals surface area (Å²) in [5.74, 6) is -0.958. The second-order valence-corrected chi connectivity index (χ2v) is 5.23. The third kappa shape index (κ3) is 5.05. The van der Waals surface area contributed by atoms with Crippen molar-refractivity contribution in [1.29, 1.82) is 0 Å². The minimum absolute atomic E-state index is 0.209. The molecule has 6 nitrogen and oxygen atoms in total. The van der Waals surface area contributed by atoms with E-state index in [0.717, 1.165) is 12.1 Å². The first-order valence-electron chi connectivity index (χ1n) is 7.11. The van der Waals surface area contributed by atoms with Crippen LogP contribution in [0, 0.1) is 11.6 Å². The molecule has 8 heteroatoms. The molecule has 0 aliphatic heterocycles. The average Bonchev–Trinajstić information content (AvgIpc) is 2.95. The van der Waals surface area contributed by atoms with Crippen LogP contribution < -0.4 is 0 Å². The summed E-state index contributed by atoms with van der Waals surface area (Å²) in [5.41, 5.74) is 0.307. The zero-order valence-corrected chi connectivity index (χ0v) is 13.0. The molecule has 23 heavy (non-hydrogen) atoms. The Hall–Kier alpha value is -1.90. The first-order valence-corrected chi connectivity index (χ1v) is 7.11. The van der Waals surface area contributed by atoms with Crippen molar-refractivity contribution in [2.24, 2.45) is 0 Å². The zero-order valence-electron chi connectivity index (χ0n) is 13.0. The van der Waals surface area contributed by atoms with E-state index in [1.807, 2.05) is 0 Å². The predicted octanol–water partition coefficient (Wildman–Crippen LogP) is 1.70. The van der Waals surface area contributed by atoms with Crippen molar-refractivity contribution in [3.8, 4) is 0 Å². The zero-order chi connectivity index (χ0) is 16.8. The van der Waals surface area contributed by atoms with Crippen LogP contribution in [0.25, 0.3) is 0 Å². The standard InChI is InChI=1S/C15H19F2N3O3/c1-20(9-15-18-14(19-23-15)5-6-22-2)8-13(21)10-3-4-11(16)12(17)7-10/h3-4,7,13,21H,5-6,8-9H2,1-2H3. The summed E-state index contributed by atoms with van der Waals surface area (Å²) < 4.78 is 36.1. The lowest BCUT2D eigenvalue weighted by Crippen LogP contribution is -2.24. The van der Waals surface area contributed by atoms with Crippen LogP contribution in [0.4, 0.5) is 8.78 Å². The van der Waals surface area contributed by atoms with E-state index in [2.05, 4.69) is 10.1 Å². The molecule has 0 fully saturated rings. The van der Waals surface area contributed by atoms with Gasteiger partial charge in [-0.15, -0.1) is 0 Å². The van der Waals surface area contributed by atoms with E-state index in [4.69, 9.17) is 9.26 Å². The predicted molar refractivity (Wildman–Crippen MR) is 77.5 cm³/mol. The fourth-order valence-electron chi connectivity index (χ4n) is 2.06. The number of halogens is 2. The third-order valence-corrected chi connectivity index (χ3v) is 3.26. The monoisotopic (exact) mass is 327 g/mol. The number of aliphatic hydroxyl groups excluding tert-OH is 1. The summed E-state index contributed by atoms with van der Waals surface area (Å²) in [4.78, 5) is 5.95. The van der Waals surface area contributed by atoms with Crippen molar-refractivity contribution in [1.82, 2.24) is 15.0 Å². The first-order chi connectivity index (χ1) is 11.0. The van der Waals surface area contributed by atoms with Crippen molar-refractivity contribution < 1.29 is 23.1 Å². The summed E-state index contributed by atoms with van der Waals surface area (Å²) in [6.07, 6.45) is -0.396. The molecule has 1 heterocycles. The van der Waals surface area contributed by atoms with Crippen LogP contribution in [-0.4, -0.2) is 47.5 Å². The van der Waals surface area contributed by atoms with E-state index in [1.54, 1.807) is 19.1 Å². The number of aromatic nitrogens is 2. The van der Waals surface area contributed by atoms with Gasteiger partial charge in [-0.05, 0) is 24.7 Å². The molecule has 0 radical (unpaired) electrons. The van der Waals surface area contributed by atoms with E-state index in [0.29, 0.717) is 36.9 Å². The maximum Gasteiger partial charge on any atom is 0.240 e. The van der Waals surface area contributed by atoms with Crippen LogP contribution in [0.5, 0.6) is 0 Å². The van der Waals surface area contributed by atoms with Gasteiger partial charge in [-0.25, -0.2) is 8.78 Å². The average molecular weight is 327 g/mol. The second kappa shape index (κ2) is 8.09. The lowest BCUT2D eigenvalue weighted by atomic mass is 10.1. The second-order valence-electron chi connectivity index (χ2n) is 5.23. The molecule has 2 rings (SSSR count). The van der Waals surface area contributed by atoms with Gasteiger partial charge in [-0.1, -0.05) is 11.2 Å². The highest BCUT2D eigenvalue weighted by atomic mass is 19.2. The topological polar surface area (TPSA) is 71.6 Å². The molecule has 0 amide bonds. The molecule has 1 atom stereocenters. The number of methoxy groups -OCH3 is 1. The molecule has 0 aliphatic rings. The number of benzene rings is 1. The molecule has 0 saturated heterocycles. The van der Waals surface area contributed by atoms with Crippen LogP contribution in [0.1, 0.15) is 23.4 Å². The molecule has 1 aromatic heterocycles. The fourth-order valence-corrected chi connectivity index (χ4v) is 2.06. The molecule has 1 aromatic carbocycles. The van der Waals surface area contributed by atoms with E-state index in [-0.39, 0.29) is 6.54 Å². The number of hydrogen-bond donors (Lipinski definition) is 1. The molecular formula is C15H19F2N3O3. The molecular weight excluding hydrogens is 308 g/mol. The lowest BCUT2D eigenvalue weighted by Gasteiger charge is -2.19. The van der Waals surface area contributed by atoms with Gasteiger partial charge < -0.3 is 14.4 Å². The number of ether oxygens (including phenoxy) is 1. The Bertz CT molecular complexity index is 636. The number of likely N-dealkylation sites (N-methyl/N-ethyl adjacent to an activating group) is 1. The third-order valence-electron chi connectivity index (χ3n) is 3.26. The molecule has 126 valence electrons. The molecule has 2 aromatic rings. The quantitative estimate of drug-likeness (QED) is 0.796. The van der Waals surface area contributed by atoms with Crippen molar-refractivity contribution >= 4 is 0 Å². The number of hydrogen-bond acceptors (Lipinski definition) is 6. The van der Waals surface area contributed by atoms with Gasteiger partial charge in [0, 0.05) is 20.1 Å².